The molecule has 7 heteroatoms. The van der Waals surface area contributed by atoms with Gasteiger partial charge in [-0.05, 0) is 0 Å². The number of allylic oxidation sites excluding steroid dienone is 2. The van der Waals surface area contributed by atoms with Gasteiger partial charge in [-0.1, -0.05) is 47.5 Å². The van der Waals surface area contributed by atoms with Gasteiger partial charge in [0.2, 0.25) is 5.78 Å². The summed E-state index contributed by atoms with van der Waals surface area (Å²) in [6, 6.07) is 6.43. The van der Waals surface area contributed by atoms with E-state index in [9.17, 15) is 13.2 Å². The van der Waals surface area contributed by atoms with Crippen LogP contribution in [-0.2, 0) is 10.0 Å². The Hall–Kier alpha value is -1.17. The molecule has 0 fully saturated rings. The van der Waals surface area contributed by atoms with Crippen LogP contribution in [0, 0.1) is 0 Å². The van der Waals surface area contributed by atoms with Crippen molar-refractivity contribution in [3.63, 3.8) is 0 Å². The lowest BCUT2D eigenvalue weighted by Crippen LogP contribution is -2.19. The molecule has 2 rings (SSSR count). The van der Waals surface area contributed by atoms with E-state index in [1.54, 1.807) is 24.3 Å². The maximum Gasteiger partial charge on any atom is 0.250 e. The highest BCUT2D eigenvalue weighted by atomic mass is 35.5. The third-order valence-corrected chi connectivity index (χ3v) is 3.62. The maximum absolute atomic E-state index is 11.9. The van der Waals surface area contributed by atoms with E-state index in [1.807, 2.05) is 0 Å². The third-order valence-electron chi connectivity index (χ3n) is 2.28. The van der Waals surface area contributed by atoms with Crippen molar-refractivity contribution in [2.45, 2.75) is 0 Å². The number of sulfonamides is 1. The van der Waals surface area contributed by atoms with Crippen molar-refractivity contribution in [2.24, 2.45) is 4.40 Å². The summed E-state index contributed by atoms with van der Waals surface area (Å²) >= 11 is 11.7. The lowest BCUT2D eigenvalue weighted by Gasteiger charge is -2.16. The van der Waals surface area contributed by atoms with Gasteiger partial charge in [0.25, 0.3) is 10.0 Å². The number of fused-ring (bicyclic) bond motifs is 1. The molecule has 1 aliphatic carbocycles. The zero-order valence-corrected chi connectivity index (χ0v) is 11.5. The van der Waals surface area contributed by atoms with Gasteiger partial charge in [0, 0.05) is 11.1 Å². The Morgan fingerprint density at radius 3 is 2.17 bits per heavy atom. The minimum atomic E-state index is -3.64. The van der Waals surface area contributed by atoms with E-state index >= 15 is 0 Å². The average Bonchev–Trinajstić information content (AvgIpc) is 2.31. The highest BCUT2D eigenvalue weighted by Gasteiger charge is 2.29. The molecule has 4 nitrogen and oxygen atoms in total. The lowest BCUT2D eigenvalue weighted by atomic mass is 9.94. The average molecular weight is 304 g/mol. The summed E-state index contributed by atoms with van der Waals surface area (Å²) in [5.74, 6) is -0.440. The molecule has 0 aliphatic heterocycles. The molecule has 1 aromatic rings. The Balaban J connectivity index is 2.80. The smallest absolute Gasteiger partial charge is 0.250 e. The molecule has 0 atom stereocenters. The number of Topliss-reactive ketones (excluding diaryl/α,β-unsaturated/α-hetero) is 1. The zero-order chi connectivity index (χ0) is 13.5. The standard InChI is InChI=1S/C11H7Cl2NO3S/c1-18(16,17)14-10-6-4-2-3-5-7(6)11(15)9(13)8(10)12/h2-5H,1H3/b14-10-. The Kier molecular flexibility index (Phi) is 3.31. The van der Waals surface area contributed by atoms with Gasteiger partial charge in [0.05, 0.1) is 11.3 Å². The summed E-state index contributed by atoms with van der Waals surface area (Å²) < 4.78 is 26.0. The largest absolute Gasteiger partial charge is 0.288 e. The van der Waals surface area contributed by atoms with Crippen molar-refractivity contribution in [3.05, 3.63) is 45.5 Å². The molecule has 0 aromatic heterocycles. The van der Waals surface area contributed by atoms with E-state index in [0.717, 1.165) is 6.26 Å². The first-order chi connectivity index (χ1) is 8.31. The summed E-state index contributed by atoms with van der Waals surface area (Å²) in [7, 11) is -3.64. The molecule has 1 aliphatic rings. The van der Waals surface area contributed by atoms with E-state index in [2.05, 4.69) is 4.40 Å². The Morgan fingerprint density at radius 2 is 1.61 bits per heavy atom. The fourth-order valence-electron chi connectivity index (χ4n) is 1.58. The van der Waals surface area contributed by atoms with Crippen LogP contribution < -0.4 is 0 Å². The molecule has 1 aromatic carbocycles. The van der Waals surface area contributed by atoms with Gasteiger partial charge < -0.3 is 0 Å². The maximum atomic E-state index is 11.9. The highest BCUT2D eigenvalue weighted by molar-refractivity contribution is 7.89. The van der Waals surface area contributed by atoms with Crippen molar-refractivity contribution < 1.29 is 13.2 Å². The number of benzene rings is 1. The first kappa shape index (κ1) is 13.3. The molecule has 18 heavy (non-hydrogen) atoms. The Bertz CT molecular complexity index is 705. The highest BCUT2D eigenvalue weighted by Crippen LogP contribution is 2.31. The van der Waals surface area contributed by atoms with Gasteiger partial charge in [-0.2, -0.15) is 4.40 Å². The normalized spacial score (nSPS) is 18.2. The molecule has 0 saturated heterocycles. The molecule has 0 bridgehead atoms. The number of hydrogen-bond acceptors (Lipinski definition) is 3. The van der Waals surface area contributed by atoms with Crippen LogP contribution in [0.25, 0.3) is 0 Å². The van der Waals surface area contributed by atoms with Crippen molar-refractivity contribution in [3.8, 4) is 0 Å². The first-order valence-electron chi connectivity index (χ1n) is 4.81. The molecular weight excluding hydrogens is 297 g/mol. The van der Waals surface area contributed by atoms with E-state index in [1.165, 1.54) is 0 Å². The molecule has 0 amide bonds. The van der Waals surface area contributed by atoms with Gasteiger partial charge in [-0.15, -0.1) is 0 Å². The first-order valence-corrected chi connectivity index (χ1v) is 7.41. The number of carbonyl (C=O) groups excluding carboxylic acids is 1. The second-order valence-corrected chi connectivity index (χ2v) is 6.08. The number of halogens is 2. The Morgan fingerprint density at radius 1 is 1.06 bits per heavy atom. The molecule has 0 spiro atoms. The SMILES string of the molecule is CS(=O)(=O)/N=C1\C(Cl)=C(Cl)C(=O)c2ccccc21. The van der Waals surface area contributed by atoms with Gasteiger partial charge in [-0.25, -0.2) is 8.42 Å². The van der Waals surface area contributed by atoms with Crippen LogP contribution in [-0.4, -0.2) is 26.2 Å². The topological polar surface area (TPSA) is 63.6 Å². The zero-order valence-electron chi connectivity index (χ0n) is 9.15. The summed E-state index contributed by atoms with van der Waals surface area (Å²) in [6.45, 7) is 0. The molecule has 0 N–H and O–H groups in total. The quantitative estimate of drug-likeness (QED) is 0.800. The van der Waals surface area contributed by atoms with Crippen LogP contribution in [0.1, 0.15) is 15.9 Å². The monoisotopic (exact) mass is 303 g/mol. The predicted octanol–water partition coefficient (Wildman–Crippen LogP) is 2.32. The van der Waals surface area contributed by atoms with Gasteiger partial charge in [-0.3, -0.25) is 4.79 Å². The molecule has 0 heterocycles. The van der Waals surface area contributed by atoms with Crippen molar-refractivity contribution >= 4 is 44.7 Å². The lowest BCUT2D eigenvalue weighted by molar-refractivity contribution is 0.104. The van der Waals surface area contributed by atoms with E-state index in [0.29, 0.717) is 5.56 Å². The summed E-state index contributed by atoms with van der Waals surface area (Å²) in [4.78, 5) is 11.9. The minimum absolute atomic E-state index is 0.000586. The summed E-state index contributed by atoms with van der Waals surface area (Å²) in [5.41, 5.74) is 0.649. The third kappa shape index (κ3) is 2.34. The van der Waals surface area contributed by atoms with Crippen molar-refractivity contribution in [2.75, 3.05) is 6.26 Å². The number of rotatable bonds is 1. The van der Waals surface area contributed by atoms with Crippen LogP contribution in [0.2, 0.25) is 0 Å². The fraction of sp³-hybridized carbons (Fsp3) is 0.0909. The summed E-state index contributed by atoms with van der Waals surface area (Å²) in [5, 5.41) is -0.372. The second kappa shape index (κ2) is 4.50. The fourth-order valence-corrected chi connectivity index (χ4v) is 2.58. The van der Waals surface area contributed by atoms with Gasteiger partial charge >= 0.3 is 0 Å². The number of carbonyl (C=O) groups is 1. The number of nitrogens with zero attached hydrogens (tertiary/aromatic N) is 1. The van der Waals surface area contributed by atoms with Gasteiger partial charge in [0.1, 0.15) is 10.7 Å². The predicted molar refractivity (Wildman–Crippen MR) is 70.9 cm³/mol. The van der Waals surface area contributed by atoms with Crippen LogP contribution in [0.5, 0.6) is 0 Å². The molecular formula is C11H7Cl2NO3S. The molecule has 0 unspecified atom stereocenters. The van der Waals surface area contributed by atoms with E-state index in [4.69, 9.17) is 23.2 Å². The molecule has 0 radical (unpaired) electrons. The van der Waals surface area contributed by atoms with Crippen LogP contribution >= 0.6 is 23.2 Å². The van der Waals surface area contributed by atoms with Crippen molar-refractivity contribution in [1.29, 1.82) is 0 Å². The van der Waals surface area contributed by atoms with Crippen LogP contribution in [0.15, 0.2) is 38.7 Å². The minimum Gasteiger partial charge on any atom is -0.288 e. The second-order valence-electron chi connectivity index (χ2n) is 3.68. The number of ketones is 1. The van der Waals surface area contributed by atoms with E-state index in [-0.39, 0.29) is 21.3 Å². The molecule has 94 valence electrons. The van der Waals surface area contributed by atoms with Crippen molar-refractivity contribution in [1.82, 2.24) is 0 Å². The van der Waals surface area contributed by atoms with E-state index < -0.39 is 15.8 Å². The molecule has 0 saturated carbocycles. The Labute approximate surface area is 114 Å². The van der Waals surface area contributed by atoms with Gasteiger partial charge in [0.15, 0.2) is 0 Å². The number of hydrogen-bond donors (Lipinski definition) is 0. The summed E-state index contributed by atoms with van der Waals surface area (Å²) in [6.07, 6.45) is 0.942. The van der Waals surface area contributed by atoms with Crippen LogP contribution in [0.4, 0.5) is 0 Å². The van der Waals surface area contributed by atoms with Crippen LogP contribution in [0.3, 0.4) is 0 Å².